The highest BCUT2D eigenvalue weighted by molar-refractivity contribution is 6.21. The Balaban J connectivity index is 1.16. The van der Waals surface area contributed by atoms with E-state index in [-0.39, 0.29) is 5.41 Å². The van der Waals surface area contributed by atoms with Crippen LogP contribution in [-0.4, -0.2) is 0 Å². The molecule has 0 fully saturated rings. The lowest BCUT2D eigenvalue weighted by Crippen LogP contribution is -2.15. The maximum Gasteiger partial charge on any atom is 0.0165 e. The molecule has 0 aromatic heterocycles. The van der Waals surface area contributed by atoms with Gasteiger partial charge in [0, 0.05) is 5.41 Å². The van der Waals surface area contributed by atoms with Crippen molar-refractivity contribution >= 4 is 43.1 Å². The molecule has 0 unspecified atom stereocenters. The van der Waals surface area contributed by atoms with E-state index in [2.05, 4.69) is 172 Å². The summed E-state index contributed by atoms with van der Waals surface area (Å²) < 4.78 is 0. The summed E-state index contributed by atoms with van der Waals surface area (Å²) in [7, 11) is 0. The average molecular weight is 621 g/mol. The number of rotatable bonds is 2. The average Bonchev–Trinajstić information content (AvgIpc) is 3.60. The van der Waals surface area contributed by atoms with Crippen LogP contribution in [-0.2, 0) is 5.41 Å². The van der Waals surface area contributed by atoms with Gasteiger partial charge in [-0.2, -0.15) is 0 Å². The predicted octanol–water partition coefficient (Wildman–Crippen LogP) is 13.6. The molecule has 11 rings (SSSR count). The third-order valence-electron chi connectivity index (χ3n) is 11.6. The van der Waals surface area contributed by atoms with Crippen molar-refractivity contribution in [3.63, 3.8) is 0 Å². The summed E-state index contributed by atoms with van der Waals surface area (Å²) in [6.45, 7) is 4.83. The summed E-state index contributed by atoms with van der Waals surface area (Å²) in [5.74, 6) is 0. The van der Waals surface area contributed by atoms with Crippen molar-refractivity contribution in [2.24, 2.45) is 0 Å². The zero-order valence-corrected chi connectivity index (χ0v) is 27.5. The van der Waals surface area contributed by atoms with Crippen molar-refractivity contribution in [2.75, 3.05) is 0 Å². The van der Waals surface area contributed by atoms with Crippen LogP contribution in [0.2, 0.25) is 0 Å². The molecule has 0 bridgehead atoms. The first-order chi connectivity index (χ1) is 24.1. The van der Waals surface area contributed by atoms with E-state index >= 15 is 0 Å². The maximum absolute atomic E-state index is 2.46. The minimum atomic E-state index is -0.126. The van der Waals surface area contributed by atoms with E-state index in [0.717, 1.165) is 0 Å². The van der Waals surface area contributed by atoms with E-state index in [1.54, 1.807) is 0 Å². The molecule has 228 valence electrons. The first-order valence-corrected chi connectivity index (χ1v) is 17.4. The van der Waals surface area contributed by atoms with Crippen LogP contribution in [0.25, 0.3) is 98.7 Å². The van der Waals surface area contributed by atoms with E-state index in [0.29, 0.717) is 0 Å². The third-order valence-corrected chi connectivity index (χ3v) is 11.6. The molecule has 0 radical (unpaired) electrons. The van der Waals surface area contributed by atoms with Crippen LogP contribution in [0.1, 0.15) is 25.0 Å². The molecule has 0 spiro atoms. The van der Waals surface area contributed by atoms with Crippen molar-refractivity contribution in [1.82, 2.24) is 0 Å². The first kappa shape index (κ1) is 27.0. The minimum absolute atomic E-state index is 0.126. The van der Waals surface area contributed by atoms with Gasteiger partial charge in [-0.05, 0) is 128 Å². The van der Waals surface area contributed by atoms with Crippen molar-refractivity contribution in [3.05, 3.63) is 169 Å². The molecule has 9 aromatic rings. The van der Waals surface area contributed by atoms with Gasteiger partial charge in [-0.15, -0.1) is 0 Å². The fourth-order valence-electron chi connectivity index (χ4n) is 9.40. The quantitative estimate of drug-likeness (QED) is 0.169. The van der Waals surface area contributed by atoms with Crippen LogP contribution in [0.5, 0.6) is 0 Å². The molecule has 0 nitrogen and oxygen atoms in total. The minimum Gasteiger partial charge on any atom is -0.0616 e. The van der Waals surface area contributed by atoms with E-state index in [1.165, 1.54) is 110 Å². The lowest BCUT2D eigenvalue weighted by atomic mass is 9.78. The summed E-state index contributed by atoms with van der Waals surface area (Å²) in [6.07, 6.45) is 0. The number of fused-ring (bicyclic) bond motifs is 12. The highest BCUT2D eigenvalue weighted by atomic mass is 14.4. The van der Waals surface area contributed by atoms with Gasteiger partial charge in [0.2, 0.25) is 0 Å². The number of benzene rings is 9. The molecule has 0 amide bonds. The largest absolute Gasteiger partial charge is 0.0616 e. The van der Waals surface area contributed by atoms with Crippen LogP contribution < -0.4 is 0 Å². The predicted molar refractivity (Wildman–Crippen MR) is 209 cm³/mol. The van der Waals surface area contributed by atoms with E-state index < -0.39 is 0 Å². The van der Waals surface area contributed by atoms with Gasteiger partial charge < -0.3 is 0 Å². The van der Waals surface area contributed by atoms with E-state index in [9.17, 15) is 0 Å². The Bertz CT molecular complexity index is 2870. The summed E-state index contributed by atoms with van der Waals surface area (Å²) in [5, 5.41) is 10.6. The van der Waals surface area contributed by atoms with E-state index in [1.807, 2.05) is 0 Å². The molecule has 0 atom stereocenters. The second-order valence-corrected chi connectivity index (χ2v) is 14.4. The Morgan fingerprint density at radius 3 is 1.69 bits per heavy atom. The summed E-state index contributed by atoms with van der Waals surface area (Å²) >= 11 is 0. The van der Waals surface area contributed by atoms with Gasteiger partial charge in [0.15, 0.2) is 0 Å². The fourth-order valence-corrected chi connectivity index (χ4v) is 9.40. The summed E-state index contributed by atoms with van der Waals surface area (Å²) in [4.78, 5) is 0. The van der Waals surface area contributed by atoms with Crippen molar-refractivity contribution in [1.29, 1.82) is 0 Å². The molecular formula is C49H32. The van der Waals surface area contributed by atoms with Crippen molar-refractivity contribution in [2.45, 2.75) is 19.3 Å². The Morgan fingerprint density at radius 1 is 0.347 bits per heavy atom. The second-order valence-electron chi connectivity index (χ2n) is 14.4. The zero-order valence-electron chi connectivity index (χ0n) is 27.5. The Kier molecular flexibility index (Phi) is 5.27. The molecule has 49 heavy (non-hydrogen) atoms. The molecule has 0 aliphatic heterocycles. The molecule has 0 N–H and O–H groups in total. The van der Waals surface area contributed by atoms with Crippen LogP contribution in [0, 0.1) is 0 Å². The molecule has 0 heterocycles. The highest BCUT2D eigenvalue weighted by Crippen LogP contribution is 2.56. The van der Waals surface area contributed by atoms with Crippen LogP contribution in [0.15, 0.2) is 158 Å². The smallest absolute Gasteiger partial charge is 0.0165 e. The molecule has 2 aliphatic carbocycles. The highest BCUT2D eigenvalue weighted by Gasteiger charge is 2.38. The molecule has 0 saturated heterocycles. The zero-order chi connectivity index (χ0) is 32.4. The fraction of sp³-hybridized carbons (Fsp3) is 0.0612. The molecule has 0 saturated carbocycles. The second kappa shape index (κ2) is 9.56. The summed E-state index contributed by atoms with van der Waals surface area (Å²) in [5.41, 5.74) is 15.9. The SMILES string of the molecule is CC1(C)c2cc3ccccc3cc2-c2c1c1ccc(-c3ccccc3-c3ccc4c5c(cccc35)-c3ccccc3-4)cc1c1ccccc21. The van der Waals surface area contributed by atoms with Gasteiger partial charge in [-0.3, -0.25) is 0 Å². The van der Waals surface area contributed by atoms with Crippen LogP contribution in [0.3, 0.4) is 0 Å². The Hall–Kier alpha value is -5.98. The van der Waals surface area contributed by atoms with Crippen LogP contribution in [0.4, 0.5) is 0 Å². The Morgan fingerprint density at radius 2 is 0.918 bits per heavy atom. The standard InChI is InChI=1S/C49H32/c1-49(2)45-28-30-13-4-3-12-29(30)26-44(45)47-40-19-10-9-18-36(40)43-27-31(22-23-42(43)48(47)49)32-14-5-6-15-33(32)37-24-25-41-35-17-8-7-16-34(35)38-20-11-21-39(37)46(38)41/h3-28H,1-2H3. The molecule has 9 aromatic carbocycles. The lowest BCUT2D eigenvalue weighted by molar-refractivity contribution is 0.667. The summed E-state index contributed by atoms with van der Waals surface area (Å²) in [6, 6.07) is 59.2. The molecule has 0 heteroatoms. The third kappa shape index (κ3) is 3.53. The van der Waals surface area contributed by atoms with Crippen molar-refractivity contribution in [3.8, 4) is 55.6 Å². The van der Waals surface area contributed by atoms with Gasteiger partial charge in [-0.25, -0.2) is 0 Å². The van der Waals surface area contributed by atoms with Crippen LogP contribution >= 0.6 is 0 Å². The molecular weight excluding hydrogens is 589 g/mol. The lowest BCUT2D eigenvalue weighted by Gasteiger charge is -2.24. The normalized spacial score (nSPS) is 13.7. The van der Waals surface area contributed by atoms with E-state index in [4.69, 9.17) is 0 Å². The van der Waals surface area contributed by atoms with Gasteiger partial charge in [-0.1, -0.05) is 153 Å². The van der Waals surface area contributed by atoms with Gasteiger partial charge in [0.25, 0.3) is 0 Å². The van der Waals surface area contributed by atoms with Crippen molar-refractivity contribution < 1.29 is 0 Å². The first-order valence-electron chi connectivity index (χ1n) is 17.4. The Labute approximate surface area is 285 Å². The van der Waals surface area contributed by atoms with Gasteiger partial charge in [0.1, 0.15) is 0 Å². The monoisotopic (exact) mass is 620 g/mol. The van der Waals surface area contributed by atoms with Gasteiger partial charge in [0.05, 0.1) is 0 Å². The molecule has 2 aliphatic rings. The maximum atomic E-state index is 2.46. The number of hydrogen-bond acceptors (Lipinski definition) is 0. The topological polar surface area (TPSA) is 0 Å². The number of hydrogen-bond donors (Lipinski definition) is 0. The van der Waals surface area contributed by atoms with Gasteiger partial charge >= 0.3 is 0 Å².